The van der Waals surface area contributed by atoms with Crippen molar-refractivity contribution in [2.24, 2.45) is 50.5 Å². The van der Waals surface area contributed by atoms with E-state index in [4.69, 9.17) is 94.1 Å². The van der Waals surface area contributed by atoms with Crippen LogP contribution in [0.25, 0.3) is 0 Å². The van der Waals surface area contributed by atoms with Crippen molar-refractivity contribution in [3.8, 4) is 0 Å². The Labute approximate surface area is 915 Å². The van der Waals surface area contributed by atoms with Crippen molar-refractivity contribution >= 4 is 168 Å². The van der Waals surface area contributed by atoms with Crippen LogP contribution in [0.2, 0.25) is 30.1 Å². The van der Waals surface area contributed by atoms with Crippen LogP contribution < -0.4 is 16.0 Å². The van der Waals surface area contributed by atoms with Gasteiger partial charge in [0.15, 0.2) is 15.5 Å². The number of nitrogens with zero attached hydrogens (tertiary/aromatic N) is 12. The van der Waals surface area contributed by atoms with Crippen LogP contribution in [0.4, 0.5) is 22.8 Å². The number of benzene rings is 6. The Balaban J connectivity index is 0.000000157. The van der Waals surface area contributed by atoms with E-state index in [1.54, 1.807) is 66.0 Å². The number of rotatable bonds is 21. The number of alkyl carbamates (subject to hydrolysis) is 2. The third-order valence-electron chi connectivity index (χ3n) is 30.1. The van der Waals surface area contributed by atoms with Gasteiger partial charge >= 0.3 is 18.2 Å². The van der Waals surface area contributed by atoms with Crippen LogP contribution in [0.5, 0.6) is 0 Å². The van der Waals surface area contributed by atoms with Crippen LogP contribution in [0.3, 0.4) is 0 Å². The van der Waals surface area contributed by atoms with Gasteiger partial charge in [-0.25, -0.2) is 29.4 Å². The van der Waals surface area contributed by atoms with E-state index < -0.39 is 96.1 Å². The molecule has 0 bridgehead atoms. The average Bonchev–Trinajstić information content (AvgIpc) is 1.56. The van der Waals surface area contributed by atoms with E-state index in [1.807, 2.05) is 185 Å². The van der Waals surface area contributed by atoms with E-state index in [1.165, 1.54) is 35.3 Å². The summed E-state index contributed by atoms with van der Waals surface area (Å²) in [4.78, 5) is 142. The number of nitrogens with one attached hydrogen (secondary N) is 3. The number of amides is 7. The number of amidine groups is 3. The fourth-order valence-electron chi connectivity index (χ4n) is 22.8. The zero-order valence-electron chi connectivity index (χ0n) is 87.9. The van der Waals surface area contributed by atoms with E-state index in [9.17, 15) is 56.6 Å². The Kier molecular flexibility index (Phi) is 35.3. The Morgan fingerprint density at radius 3 is 1.00 bits per heavy atom. The summed E-state index contributed by atoms with van der Waals surface area (Å²) in [6, 6.07) is 42.5. The second kappa shape index (κ2) is 46.2. The first-order valence-corrected chi connectivity index (χ1v) is 55.8. The van der Waals surface area contributed by atoms with Crippen molar-refractivity contribution in [3.05, 3.63) is 241 Å². The highest BCUT2D eigenvalue weighted by atomic mass is 35.5. The molecule has 0 radical (unpaired) electrons. The number of carbonyl (C=O) groups is 8. The van der Waals surface area contributed by atoms with Crippen LogP contribution in [-0.4, -0.2) is 251 Å². The van der Waals surface area contributed by atoms with Crippen LogP contribution >= 0.6 is 105 Å². The topological polar surface area (TPSA) is 278 Å². The molecule has 6 fully saturated rings. The van der Waals surface area contributed by atoms with Crippen molar-refractivity contribution in [1.82, 2.24) is 60.0 Å². The second-order valence-electron chi connectivity index (χ2n) is 44.3. The highest BCUT2D eigenvalue weighted by Gasteiger charge is 2.60. The fourth-order valence-corrected chi connectivity index (χ4v) is 27.6. The van der Waals surface area contributed by atoms with E-state index >= 15 is 0 Å². The van der Waals surface area contributed by atoms with Crippen molar-refractivity contribution in [3.63, 3.8) is 0 Å². The molecule has 6 saturated heterocycles. The summed E-state index contributed by atoms with van der Waals surface area (Å²) < 4.78 is 51.1. The minimum Gasteiger partial charge on any atom is -0.480 e. The van der Waals surface area contributed by atoms with Gasteiger partial charge in [0.05, 0.1) is 50.2 Å². The average molecular weight is 2220 g/mol. The molecule has 802 valence electrons. The molecule has 0 aromatic heterocycles. The maximum atomic E-state index is 14.8. The first kappa shape index (κ1) is 114. The number of aliphatic imine (C=N–C) groups is 3. The van der Waals surface area contributed by atoms with Gasteiger partial charge in [-0.05, 0) is 295 Å². The molecule has 6 aromatic rings. The third-order valence-corrected chi connectivity index (χ3v) is 34.8. The van der Waals surface area contributed by atoms with Gasteiger partial charge in [-0.1, -0.05) is 184 Å². The van der Waals surface area contributed by atoms with Crippen LogP contribution in [-0.2, 0) is 54.9 Å². The van der Waals surface area contributed by atoms with Gasteiger partial charge in [0.2, 0.25) is 11.8 Å². The number of allylic oxidation sites excluding steroid dienone is 3. The summed E-state index contributed by atoms with van der Waals surface area (Å²) in [6.07, 6.45) is 2.49. The number of hydrogen-bond donors (Lipinski definition) is 4. The Morgan fingerprint density at radius 2 is 0.711 bits per heavy atom. The van der Waals surface area contributed by atoms with Gasteiger partial charge in [-0.2, -0.15) is 0 Å². The van der Waals surface area contributed by atoms with Gasteiger partial charge in [0.25, 0.3) is 17.7 Å². The molecule has 6 aromatic carbocycles. The monoisotopic (exact) mass is 2220 g/mol. The van der Waals surface area contributed by atoms with Crippen molar-refractivity contribution in [1.29, 1.82) is 0 Å². The normalized spacial score (nSPS) is 28.0. The highest BCUT2D eigenvalue weighted by Crippen LogP contribution is 2.61. The molecule has 0 spiro atoms. The highest BCUT2D eigenvalue weighted by molar-refractivity contribution is 8.18. The van der Waals surface area contributed by atoms with Crippen molar-refractivity contribution in [2.45, 2.75) is 263 Å². The molecule has 7 amide bonds. The van der Waals surface area contributed by atoms with Crippen molar-refractivity contribution in [2.75, 3.05) is 73.4 Å². The smallest absolute Gasteiger partial charge is 0.407 e. The molecule has 149 heavy (non-hydrogen) atoms. The molecule has 38 heteroatoms. The molecule has 12 heterocycles. The molecular formula is C111H136Cl6F3N15O11S3. The number of likely N-dealkylation sites (N-methyl/N-ethyl adjacent to an activating group) is 1. The van der Waals surface area contributed by atoms with Gasteiger partial charge in [-0.3, -0.25) is 37.1 Å². The van der Waals surface area contributed by atoms with Crippen molar-refractivity contribution < 1.29 is 66.1 Å². The van der Waals surface area contributed by atoms with Gasteiger partial charge < -0.3 is 74.6 Å². The number of ether oxygens (including phenoxy) is 2. The minimum absolute atomic E-state index is 0.00155. The number of halogens is 9. The molecule has 18 rings (SSSR count). The van der Waals surface area contributed by atoms with Gasteiger partial charge in [0.1, 0.15) is 60.7 Å². The van der Waals surface area contributed by atoms with Gasteiger partial charge in [-0.15, -0.1) is 0 Å². The maximum absolute atomic E-state index is 14.8. The lowest BCUT2D eigenvalue weighted by atomic mass is 9.81. The number of carboxylic acids is 1. The van der Waals surface area contributed by atoms with Crippen LogP contribution in [0.15, 0.2) is 192 Å². The molecule has 12 aliphatic rings. The molecule has 0 aliphatic carbocycles. The standard InChI is InChI=1S/C38H46Cl2FN5O4S.C35H42Cl2FN5O2S.C28H29Cl2N3O3S.C10H19FN2O2/c1-21(2)30-31(51-35-43-38(7,25-11-15-27(40)16-12-25)32(46(30)35)23-9-13-26(39)14-10-23)34(48)45-22(3)8-17-29(45)33(47)44-19-24(18-41)28(20-44)42-36(49)50-37(4,5)6;1-20(2)29-30(33(45)42-21(3)7-16-27(42)32(44)41-18-23(17-38)28(19-41)40(5)6)46-34-39-35(4,24-10-14-26(37)15-11-24)31(43(29)34)22-8-12-25(36)13-9-22;1-15(2)22-23(25(34)32-16(3)5-14-21(32)26(35)36)37-27-31-28(4,18-8-12-20(30)13-9-18)24(33(22)27)17-6-10-19(29)11-7-17;1-10(2,3)15-9(14)13-8-6-12-5-7(8)4-11/h9-16,21-22,24,28-29,32H,8,17-20H2,1-7H3,(H,42,49);8-15,20-21,23,27-28,31H,7,16-19H2,1-6H3;6-13,15-16,21,24H,5,14H2,1-4H3,(H,35,36);7-8,12H,4-6H2,1-3H3,(H,13,14)/t22-,24+,28+,29+,32-,38+;21-,23+,27+,28+,31-,35+;16-,21+,24-,28+;7-,8?/m1110/s1. The summed E-state index contributed by atoms with van der Waals surface area (Å²) in [5.74, 6) is -2.85. The second-order valence-corrected chi connectivity index (χ2v) is 49.8. The maximum Gasteiger partial charge on any atom is 0.407 e. The number of fused-ring (bicyclic) bond motifs is 3. The zero-order chi connectivity index (χ0) is 108. The van der Waals surface area contributed by atoms with E-state index in [0.29, 0.717) is 103 Å². The number of likely N-dealkylation sites (tertiary alicyclic amines) is 5. The molecule has 0 saturated carbocycles. The molecule has 26 nitrogen and oxygen atoms in total. The molecule has 4 N–H and O–H groups in total. The molecular weight excluding hydrogens is 2090 g/mol. The Bertz CT molecular complexity index is 6200. The van der Waals surface area contributed by atoms with Gasteiger partial charge in [0, 0.05) is 128 Å². The lowest BCUT2D eigenvalue weighted by Gasteiger charge is -2.37. The Hall–Kier alpha value is -9.19. The molecule has 1 unspecified atom stereocenters. The third kappa shape index (κ3) is 23.7. The first-order chi connectivity index (χ1) is 70.3. The summed E-state index contributed by atoms with van der Waals surface area (Å²) >= 11 is 41.7. The number of carboxylic acid groups (broad SMARTS) is 1. The lowest BCUT2D eigenvalue weighted by Crippen LogP contribution is -2.50. The largest absolute Gasteiger partial charge is 0.480 e. The number of aliphatic carboxylic acids is 1. The summed E-state index contributed by atoms with van der Waals surface area (Å²) in [5, 5.41) is 24.3. The lowest BCUT2D eigenvalue weighted by molar-refractivity contribution is -0.147. The fraction of sp³-hybridized carbons (Fsp3) is 0.523. The number of carbonyl (C=O) groups excluding carboxylic acids is 7. The first-order valence-electron chi connectivity index (χ1n) is 51.1. The predicted molar refractivity (Wildman–Crippen MR) is 589 cm³/mol. The minimum atomic E-state index is -0.959. The summed E-state index contributed by atoms with van der Waals surface area (Å²) in [5.41, 5.74) is 5.44. The van der Waals surface area contributed by atoms with Crippen LogP contribution in [0.1, 0.15) is 215 Å². The summed E-state index contributed by atoms with van der Waals surface area (Å²) in [7, 11) is 3.85. The van der Waals surface area contributed by atoms with E-state index in [2.05, 4.69) is 93.0 Å². The van der Waals surface area contributed by atoms with Crippen LogP contribution in [0, 0.1) is 35.5 Å². The number of hydrogen-bond acceptors (Lipinski definition) is 21. The summed E-state index contributed by atoms with van der Waals surface area (Å²) in [6.45, 7) is 36.1. The quantitative estimate of drug-likeness (QED) is 0.0521. The SMILES string of the molecule is CC(C)(C)OC(=O)NC1CNC[C@@H]1CF.CC(C)C1=C(C(=O)N2[C@H](C)CC[C@H]2C(=O)N2C[C@H](CF)[C@@H](N(C)C)C2)SC2=N[C@@](C)(c3ccc(Cl)cc3)[C@@H](c3ccc(Cl)cc3)N21.CC(C)C1=C(C(=O)N2[C@H](C)CC[C@H]2C(=O)N2C[C@H](CF)[C@@H](NC(=O)OC(C)(C)C)C2)SC2=N[C@@](C)(c3ccc(Cl)cc3)[C@@H](c3ccc(Cl)cc3)N21.CC(C)C1=C(C(=O)N2[C@H](C)CC[C@H]2C(=O)O)SC2=N[C@@](C)(c3ccc(Cl)cc3)[C@@H](c3ccc(Cl)cc3)N21. The predicted octanol–water partition coefficient (Wildman–Crippen LogP) is 22.7. The van der Waals surface area contributed by atoms with E-state index in [0.717, 1.165) is 72.4 Å². The Morgan fingerprint density at radius 1 is 0.423 bits per heavy atom. The molecule has 18 atom stereocenters. The number of alkyl halides is 3. The number of thioether (sulfide) groups is 3. The zero-order valence-corrected chi connectivity index (χ0v) is 94.9. The molecule has 12 aliphatic heterocycles. The van der Waals surface area contributed by atoms with E-state index in [-0.39, 0.29) is 121 Å².